The van der Waals surface area contributed by atoms with Gasteiger partial charge in [-0.3, -0.25) is 4.90 Å². The van der Waals surface area contributed by atoms with Gasteiger partial charge in [-0.1, -0.05) is 65.8 Å². The van der Waals surface area contributed by atoms with E-state index < -0.39 is 0 Å². The van der Waals surface area contributed by atoms with Crippen molar-refractivity contribution < 1.29 is 4.52 Å². The maximum atomic E-state index is 5.51. The van der Waals surface area contributed by atoms with Crippen LogP contribution >= 0.6 is 11.3 Å². The number of aryl methyl sites for hydroxylation is 1. The Balaban J connectivity index is 1.15. The molecule has 6 heteroatoms. The smallest absolute Gasteiger partial charge is 0.145 e. The third kappa shape index (κ3) is 4.99. The van der Waals surface area contributed by atoms with Crippen LogP contribution in [0.1, 0.15) is 29.3 Å². The highest BCUT2D eigenvalue weighted by Gasteiger charge is 2.26. The van der Waals surface area contributed by atoms with E-state index in [0.29, 0.717) is 6.04 Å². The van der Waals surface area contributed by atoms with Crippen LogP contribution in [0.3, 0.4) is 0 Å². The summed E-state index contributed by atoms with van der Waals surface area (Å²) in [7, 11) is 0. The molecule has 4 aromatic rings. The van der Waals surface area contributed by atoms with E-state index in [-0.39, 0.29) is 0 Å². The van der Waals surface area contributed by atoms with Crippen molar-refractivity contribution in [1.82, 2.24) is 19.9 Å². The van der Waals surface area contributed by atoms with Crippen LogP contribution in [0.4, 0.5) is 0 Å². The molecule has 0 amide bonds. The number of rotatable bonds is 8. The first-order valence-corrected chi connectivity index (χ1v) is 12.2. The second kappa shape index (κ2) is 10.2. The third-order valence-electron chi connectivity index (χ3n) is 6.11. The summed E-state index contributed by atoms with van der Waals surface area (Å²) in [6, 6.07) is 24.1. The van der Waals surface area contributed by atoms with E-state index in [9.17, 15) is 0 Å². The molecule has 5 rings (SSSR count). The zero-order valence-electron chi connectivity index (χ0n) is 18.1. The Morgan fingerprint density at radius 1 is 0.906 bits per heavy atom. The van der Waals surface area contributed by atoms with Gasteiger partial charge in [0.05, 0.1) is 6.04 Å². The first-order chi connectivity index (χ1) is 15.9. The van der Waals surface area contributed by atoms with Crippen molar-refractivity contribution in [2.24, 2.45) is 0 Å². The zero-order chi connectivity index (χ0) is 21.6. The minimum absolute atomic E-state index is 0.318. The molecule has 0 bridgehead atoms. The molecule has 32 heavy (non-hydrogen) atoms. The van der Waals surface area contributed by atoms with Gasteiger partial charge >= 0.3 is 0 Å². The molecule has 2 aromatic heterocycles. The Morgan fingerprint density at radius 3 is 2.22 bits per heavy atom. The molecule has 1 saturated heterocycles. The van der Waals surface area contributed by atoms with Crippen molar-refractivity contribution in [3.63, 3.8) is 0 Å². The second-order valence-electron chi connectivity index (χ2n) is 8.22. The van der Waals surface area contributed by atoms with Crippen LogP contribution in [-0.2, 0) is 6.42 Å². The minimum atomic E-state index is 0.318. The number of benzene rings is 2. The van der Waals surface area contributed by atoms with Crippen LogP contribution in [0.5, 0.6) is 0 Å². The van der Waals surface area contributed by atoms with Crippen molar-refractivity contribution in [2.45, 2.75) is 18.9 Å². The van der Waals surface area contributed by atoms with Gasteiger partial charge in [-0.05, 0) is 24.1 Å². The Labute approximate surface area is 193 Å². The average molecular weight is 445 g/mol. The molecule has 3 heterocycles. The molecule has 1 aliphatic rings. The highest BCUT2D eigenvalue weighted by atomic mass is 32.1. The monoisotopic (exact) mass is 444 g/mol. The predicted octanol–water partition coefficient (Wildman–Crippen LogP) is 5.14. The predicted molar refractivity (Wildman–Crippen MR) is 129 cm³/mol. The van der Waals surface area contributed by atoms with Gasteiger partial charge in [-0.2, -0.15) is 0 Å². The summed E-state index contributed by atoms with van der Waals surface area (Å²) in [6.45, 7) is 5.42. The van der Waals surface area contributed by atoms with Crippen LogP contribution in [0.25, 0.3) is 10.7 Å². The summed E-state index contributed by atoms with van der Waals surface area (Å²) in [5.74, 6) is 0.946. The fourth-order valence-corrected chi connectivity index (χ4v) is 5.08. The molecular formula is C26H28N4OS. The zero-order valence-corrected chi connectivity index (χ0v) is 19.0. The van der Waals surface area contributed by atoms with Gasteiger partial charge in [0.15, 0.2) is 0 Å². The highest BCUT2D eigenvalue weighted by Crippen LogP contribution is 2.29. The maximum absolute atomic E-state index is 5.51. The molecule has 1 fully saturated rings. The van der Waals surface area contributed by atoms with Crippen LogP contribution in [0, 0.1) is 0 Å². The molecule has 1 aliphatic heterocycles. The normalized spacial score (nSPS) is 15.4. The van der Waals surface area contributed by atoms with E-state index in [2.05, 4.69) is 80.6 Å². The Morgan fingerprint density at radius 2 is 1.59 bits per heavy atom. The molecule has 0 aliphatic carbocycles. The fraction of sp³-hybridized carbons (Fsp3) is 0.308. The van der Waals surface area contributed by atoms with E-state index in [4.69, 9.17) is 4.52 Å². The lowest BCUT2D eigenvalue weighted by molar-refractivity contribution is 0.108. The van der Waals surface area contributed by atoms with Crippen LogP contribution in [0.2, 0.25) is 0 Å². The molecule has 0 atom stereocenters. The SMILES string of the molecule is c1ccc(C(c2ccccc2)N2CCN(CCCc3cc(-c4nccs4)no3)CC2)cc1. The summed E-state index contributed by atoms with van der Waals surface area (Å²) in [5, 5.41) is 7.04. The van der Waals surface area contributed by atoms with E-state index in [0.717, 1.165) is 62.0 Å². The molecule has 2 aromatic carbocycles. The van der Waals surface area contributed by atoms with Crippen molar-refractivity contribution in [3.05, 3.63) is 95.2 Å². The highest BCUT2D eigenvalue weighted by molar-refractivity contribution is 7.13. The van der Waals surface area contributed by atoms with Crippen LogP contribution in [-0.4, -0.2) is 52.7 Å². The van der Waals surface area contributed by atoms with Crippen molar-refractivity contribution in [2.75, 3.05) is 32.7 Å². The minimum Gasteiger partial charge on any atom is -0.361 e. The largest absolute Gasteiger partial charge is 0.361 e. The van der Waals surface area contributed by atoms with Gasteiger partial charge in [-0.25, -0.2) is 4.98 Å². The molecular weight excluding hydrogens is 416 g/mol. The van der Waals surface area contributed by atoms with E-state index in [1.807, 2.05) is 11.4 Å². The van der Waals surface area contributed by atoms with E-state index in [1.54, 1.807) is 17.5 Å². The van der Waals surface area contributed by atoms with Crippen LogP contribution < -0.4 is 0 Å². The first-order valence-electron chi connectivity index (χ1n) is 11.3. The molecule has 0 radical (unpaired) electrons. The molecule has 0 unspecified atom stereocenters. The number of nitrogens with zero attached hydrogens (tertiary/aromatic N) is 4. The quantitative estimate of drug-likeness (QED) is 0.377. The van der Waals surface area contributed by atoms with E-state index >= 15 is 0 Å². The summed E-state index contributed by atoms with van der Waals surface area (Å²) >= 11 is 1.59. The van der Waals surface area contributed by atoms with Crippen molar-refractivity contribution >= 4 is 11.3 Å². The molecule has 0 saturated carbocycles. The van der Waals surface area contributed by atoms with Gasteiger partial charge in [0.1, 0.15) is 16.5 Å². The van der Waals surface area contributed by atoms with Gasteiger partial charge in [0.2, 0.25) is 0 Å². The van der Waals surface area contributed by atoms with Gasteiger partial charge in [-0.15, -0.1) is 11.3 Å². The molecule has 0 N–H and O–H groups in total. The summed E-state index contributed by atoms with van der Waals surface area (Å²) in [4.78, 5) is 9.50. The number of aromatic nitrogens is 2. The number of piperazine rings is 1. The summed E-state index contributed by atoms with van der Waals surface area (Å²) in [5.41, 5.74) is 3.58. The summed E-state index contributed by atoms with van der Waals surface area (Å²) in [6.07, 6.45) is 3.79. The molecule has 0 spiro atoms. The standard InChI is InChI=1S/C26H28N4OS/c1-3-8-21(9-4-1)25(22-10-5-2-6-11-22)30-17-15-29(16-18-30)14-7-12-23-20-24(28-31-23)26-27-13-19-32-26/h1-6,8-11,13,19-20,25H,7,12,14-18H2. The summed E-state index contributed by atoms with van der Waals surface area (Å²) < 4.78 is 5.51. The van der Waals surface area contributed by atoms with Crippen LogP contribution in [0.15, 0.2) is 82.8 Å². The van der Waals surface area contributed by atoms with Gasteiger partial charge in [0, 0.05) is 50.2 Å². The second-order valence-corrected chi connectivity index (χ2v) is 9.12. The molecule has 5 nitrogen and oxygen atoms in total. The number of thiazole rings is 1. The topological polar surface area (TPSA) is 45.4 Å². The molecule has 164 valence electrons. The Kier molecular flexibility index (Phi) is 6.72. The van der Waals surface area contributed by atoms with Gasteiger partial charge in [0.25, 0.3) is 0 Å². The Bertz CT molecular complexity index is 1030. The van der Waals surface area contributed by atoms with Crippen molar-refractivity contribution in [3.8, 4) is 10.7 Å². The fourth-order valence-electron chi connectivity index (χ4n) is 4.49. The maximum Gasteiger partial charge on any atom is 0.145 e. The lowest BCUT2D eigenvalue weighted by Crippen LogP contribution is -2.48. The van der Waals surface area contributed by atoms with Crippen molar-refractivity contribution in [1.29, 1.82) is 0 Å². The average Bonchev–Trinajstić information content (AvgIpc) is 3.54. The first kappa shape index (κ1) is 21.1. The van der Waals surface area contributed by atoms with E-state index in [1.165, 1.54) is 11.1 Å². The lowest BCUT2D eigenvalue weighted by atomic mass is 9.96. The Hall–Kier alpha value is -2.80. The number of hydrogen-bond acceptors (Lipinski definition) is 6. The third-order valence-corrected chi connectivity index (χ3v) is 6.91. The lowest BCUT2D eigenvalue weighted by Gasteiger charge is -2.39. The van der Waals surface area contributed by atoms with Gasteiger partial charge < -0.3 is 9.42 Å². The number of hydrogen-bond donors (Lipinski definition) is 0.